The first-order valence-electron chi connectivity index (χ1n) is 7.73. The van der Waals surface area contributed by atoms with Gasteiger partial charge in [-0.05, 0) is 43.6 Å². The molecule has 1 aliphatic heterocycles. The number of amides is 1. The second kappa shape index (κ2) is 8.40. The molecule has 0 unspecified atom stereocenters. The van der Waals surface area contributed by atoms with Crippen LogP contribution in [0, 0.1) is 17.2 Å². The summed E-state index contributed by atoms with van der Waals surface area (Å²) in [5.74, 6) is 1.05. The SMILES string of the molecule is COc1ccc(CNC(=O)C2CCN(CCC#N)CC2)cc1. The molecule has 1 aliphatic rings. The maximum Gasteiger partial charge on any atom is 0.223 e. The number of ether oxygens (including phenoxy) is 1. The van der Waals surface area contributed by atoms with Gasteiger partial charge in [0.1, 0.15) is 5.75 Å². The van der Waals surface area contributed by atoms with Gasteiger partial charge in [0.25, 0.3) is 0 Å². The van der Waals surface area contributed by atoms with E-state index in [0.29, 0.717) is 13.0 Å². The average Bonchev–Trinajstić information content (AvgIpc) is 2.58. The topological polar surface area (TPSA) is 65.4 Å². The molecule has 0 aliphatic carbocycles. The van der Waals surface area contributed by atoms with Crippen LogP contribution in [0.15, 0.2) is 24.3 Å². The highest BCUT2D eigenvalue weighted by molar-refractivity contribution is 5.78. The normalized spacial score (nSPS) is 16.0. The minimum atomic E-state index is 0.0941. The molecule has 0 bridgehead atoms. The van der Waals surface area contributed by atoms with E-state index in [-0.39, 0.29) is 11.8 Å². The van der Waals surface area contributed by atoms with Crippen molar-refractivity contribution in [1.29, 1.82) is 5.26 Å². The monoisotopic (exact) mass is 301 g/mol. The van der Waals surface area contributed by atoms with E-state index in [1.807, 2.05) is 24.3 Å². The summed E-state index contributed by atoms with van der Waals surface area (Å²) in [7, 11) is 1.64. The molecule has 5 nitrogen and oxygen atoms in total. The first-order chi connectivity index (χ1) is 10.7. The maximum atomic E-state index is 12.2. The second-order valence-electron chi connectivity index (χ2n) is 5.59. The lowest BCUT2D eigenvalue weighted by Gasteiger charge is -2.30. The Bertz CT molecular complexity index is 514. The standard InChI is InChI=1S/C17H23N3O2/c1-22-16-5-3-14(4-6-16)13-19-17(21)15-7-11-20(12-8-15)10-2-9-18/h3-6,15H,2,7-8,10-13H2,1H3,(H,19,21). The largest absolute Gasteiger partial charge is 0.497 e. The Morgan fingerprint density at radius 2 is 2.05 bits per heavy atom. The smallest absolute Gasteiger partial charge is 0.223 e. The number of hydrogen-bond donors (Lipinski definition) is 1. The van der Waals surface area contributed by atoms with E-state index < -0.39 is 0 Å². The zero-order chi connectivity index (χ0) is 15.8. The number of nitrogens with one attached hydrogen (secondary N) is 1. The van der Waals surface area contributed by atoms with Crippen LogP contribution in [0.25, 0.3) is 0 Å². The summed E-state index contributed by atoms with van der Waals surface area (Å²) < 4.78 is 5.12. The Kier molecular flexibility index (Phi) is 6.23. The van der Waals surface area contributed by atoms with Crippen molar-refractivity contribution >= 4 is 5.91 Å². The van der Waals surface area contributed by atoms with Crippen LogP contribution in [0.4, 0.5) is 0 Å². The summed E-state index contributed by atoms with van der Waals surface area (Å²) in [5, 5.41) is 11.6. The summed E-state index contributed by atoms with van der Waals surface area (Å²) in [4.78, 5) is 14.5. The highest BCUT2D eigenvalue weighted by Crippen LogP contribution is 2.18. The molecule has 0 spiro atoms. The Morgan fingerprint density at radius 3 is 2.64 bits per heavy atom. The molecule has 1 fully saturated rings. The number of nitriles is 1. The molecule has 2 rings (SSSR count). The predicted octanol–water partition coefficient (Wildman–Crippen LogP) is 1.94. The van der Waals surface area contributed by atoms with Gasteiger partial charge in [-0.3, -0.25) is 4.79 Å². The molecule has 1 aromatic carbocycles. The number of carbonyl (C=O) groups excluding carboxylic acids is 1. The van der Waals surface area contributed by atoms with Gasteiger partial charge in [0.15, 0.2) is 0 Å². The van der Waals surface area contributed by atoms with Gasteiger partial charge in [-0.2, -0.15) is 5.26 Å². The fraction of sp³-hybridized carbons (Fsp3) is 0.529. The number of rotatable bonds is 6. The van der Waals surface area contributed by atoms with Crippen molar-refractivity contribution in [3.63, 3.8) is 0 Å². The molecule has 1 heterocycles. The summed E-state index contributed by atoms with van der Waals surface area (Å²) in [6, 6.07) is 9.89. The van der Waals surface area contributed by atoms with Crippen molar-refractivity contribution in [2.45, 2.75) is 25.8 Å². The minimum Gasteiger partial charge on any atom is -0.497 e. The molecule has 0 radical (unpaired) electrons. The van der Waals surface area contributed by atoms with E-state index in [4.69, 9.17) is 10.00 Å². The van der Waals surface area contributed by atoms with Crippen molar-refractivity contribution in [1.82, 2.24) is 10.2 Å². The molecule has 22 heavy (non-hydrogen) atoms. The molecule has 118 valence electrons. The van der Waals surface area contributed by atoms with Gasteiger partial charge < -0.3 is 15.0 Å². The quantitative estimate of drug-likeness (QED) is 0.872. The van der Waals surface area contributed by atoms with E-state index >= 15 is 0 Å². The number of nitrogens with zero attached hydrogens (tertiary/aromatic N) is 2. The van der Waals surface area contributed by atoms with E-state index in [9.17, 15) is 4.79 Å². The van der Waals surface area contributed by atoms with Crippen molar-refractivity contribution in [3.8, 4) is 11.8 Å². The first kappa shape index (κ1) is 16.3. The van der Waals surface area contributed by atoms with Crippen LogP contribution in [-0.2, 0) is 11.3 Å². The lowest BCUT2D eigenvalue weighted by atomic mass is 9.95. The summed E-state index contributed by atoms with van der Waals surface area (Å²) in [5.41, 5.74) is 1.07. The lowest BCUT2D eigenvalue weighted by Crippen LogP contribution is -2.40. The second-order valence-corrected chi connectivity index (χ2v) is 5.59. The molecular formula is C17H23N3O2. The number of hydrogen-bond acceptors (Lipinski definition) is 4. The molecule has 5 heteroatoms. The van der Waals surface area contributed by atoms with Crippen molar-refractivity contribution < 1.29 is 9.53 Å². The summed E-state index contributed by atoms with van der Waals surface area (Å²) >= 11 is 0. The fourth-order valence-corrected chi connectivity index (χ4v) is 2.70. The Hall–Kier alpha value is -2.06. The molecule has 1 N–H and O–H groups in total. The third-order valence-electron chi connectivity index (χ3n) is 4.12. The third-order valence-corrected chi connectivity index (χ3v) is 4.12. The summed E-state index contributed by atoms with van der Waals surface area (Å²) in [6.07, 6.45) is 2.31. The van der Waals surface area contributed by atoms with E-state index in [2.05, 4.69) is 16.3 Å². The number of likely N-dealkylation sites (tertiary alicyclic amines) is 1. The molecule has 1 amide bonds. The van der Waals surface area contributed by atoms with Gasteiger partial charge in [0.05, 0.1) is 13.2 Å². The van der Waals surface area contributed by atoms with Crippen LogP contribution in [0.5, 0.6) is 5.75 Å². The predicted molar refractivity (Wildman–Crippen MR) is 84.2 cm³/mol. The van der Waals surface area contributed by atoms with Crippen molar-refractivity contribution in [3.05, 3.63) is 29.8 Å². The van der Waals surface area contributed by atoms with Crippen LogP contribution in [0.2, 0.25) is 0 Å². The van der Waals surface area contributed by atoms with Crippen LogP contribution in [0.3, 0.4) is 0 Å². The van der Waals surface area contributed by atoms with E-state index in [1.54, 1.807) is 7.11 Å². The number of methoxy groups -OCH3 is 1. The first-order valence-corrected chi connectivity index (χ1v) is 7.73. The van der Waals surface area contributed by atoms with E-state index in [1.165, 1.54) is 0 Å². The molecular weight excluding hydrogens is 278 g/mol. The molecule has 0 aromatic heterocycles. The van der Waals surface area contributed by atoms with Gasteiger partial charge >= 0.3 is 0 Å². The number of carbonyl (C=O) groups is 1. The zero-order valence-electron chi connectivity index (χ0n) is 13.0. The van der Waals surface area contributed by atoms with Gasteiger partial charge in [-0.15, -0.1) is 0 Å². The average molecular weight is 301 g/mol. The number of benzene rings is 1. The minimum absolute atomic E-state index is 0.0941. The highest BCUT2D eigenvalue weighted by atomic mass is 16.5. The third kappa shape index (κ3) is 4.74. The Labute approximate surface area is 131 Å². The molecule has 1 aromatic rings. The van der Waals surface area contributed by atoms with Crippen molar-refractivity contribution in [2.24, 2.45) is 5.92 Å². The van der Waals surface area contributed by atoms with Gasteiger partial charge in [-0.1, -0.05) is 12.1 Å². The molecule has 0 atom stereocenters. The molecule has 1 saturated heterocycles. The molecule has 0 saturated carbocycles. The fourth-order valence-electron chi connectivity index (χ4n) is 2.70. The van der Waals surface area contributed by atoms with Crippen molar-refractivity contribution in [2.75, 3.05) is 26.7 Å². The van der Waals surface area contributed by atoms with Crippen LogP contribution >= 0.6 is 0 Å². The Morgan fingerprint density at radius 1 is 1.36 bits per heavy atom. The van der Waals surface area contributed by atoms with Crippen LogP contribution < -0.4 is 10.1 Å². The van der Waals surface area contributed by atoms with Crippen LogP contribution in [-0.4, -0.2) is 37.6 Å². The van der Waals surface area contributed by atoms with Gasteiger partial charge in [0, 0.05) is 25.4 Å². The van der Waals surface area contributed by atoms with Gasteiger partial charge in [0.2, 0.25) is 5.91 Å². The lowest BCUT2D eigenvalue weighted by molar-refractivity contribution is -0.126. The van der Waals surface area contributed by atoms with E-state index in [0.717, 1.165) is 43.8 Å². The van der Waals surface area contributed by atoms with Gasteiger partial charge in [-0.25, -0.2) is 0 Å². The summed E-state index contributed by atoms with van der Waals surface area (Å²) in [6.45, 7) is 3.18. The number of piperidine rings is 1. The van der Waals surface area contributed by atoms with Crippen LogP contribution in [0.1, 0.15) is 24.8 Å². The highest BCUT2D eigenvalue weighted by Gasteiger charge is 2.24. The maximum absolute atomic E-state index is 12.2. The zero-order valence-corrected chi connectivity index (χ0v) is 13.0. The Balaban J connectivity index is 1.72.